The van der Waals surface area contributed by atoms with Crippen molar-refractivity contribution in [3.05, 3.63) is 63.8 Å². The third-order valence-electron chi connectivity index (χ3n) is 3.61. The van der Waals surface area contributed by atoms with Crippen LogP contribution in [0.1, 0.15) is 27.4 Å². The van der Waals surface area contributed by atoms with Gasteiger partial charge in [-0.15, -0.1) is 0 Å². The summed E-state index contributed by atoms with van der Waals surface area (Å²) in [5.41, 5.74) is 2.04. The number of rotatable bonds is 4. The molecule has 0 saturated carbocycles. The second kappa shape index (κ2) is 7.06. The number of ether oxygens (including phenoxy) is 1. The summed E-state index contributed by atoms with van der Waals surface area (Å²) in [6, 6.07) is 7.33. The second-order valence-corrected chi connectivity index (χ2v) is 6.26. The lowest BCUT2D eigenvalue weighted by Crippen LogP contribution is -2.13. The van der Waals surface area contributed by atoms with Crippen molar-refractivity contribution in [1.82, 2.24) is 9.97 Å². The molecule has 1 N–H and O–H groups in total. The first-order valence-corrected chi connectivity index (χ1v) is 8.37. The van der Waals surface area contributed by atoms with E-state index in [9.17, 15) is 4.79 Å². The van der Waals surface area contributed by atoms with Crippen LogP contribution < -0.4 is 10.1 Å². The highest BCUT2D eigenvalue weighted by atomic mass is 79.9. The molecule has 3 rings (SSSR count). The Morgan fingerprint density at radius 1 is 1.16 bits per heavy atom. The maximum atomic E-state index is 12.5. The zero-order valence-corrected chi connectivity index (χ0v) is 15.5. The van der Waals surface area contributed by atoms with Gasteiger partial charge in [-0.3, -0.25) is 4.79 Å². The topological polar surface area (TPSA) is 77.3 Å². The van der Waals surface area contributed by atoms with Gasteiger partial charge in [0.25, 0.3) is 5.91 Å². The summed E-state index contributed by atoms with van der Waals surface area (Å²) in [5.74, 6) is 1.61. The molecule has 128 valence electrons. The van der Waals surface area contributed by atoms with Crippen molar-refractivity contribution < 1.29 is 13.9 Å². The second-order valence-electron chi connectivity index (χ2n) is 5.47. The van der Waals surface area contributed by atoms with Gasteiger partial charge in [-0.2, -0.15) is 0 Å². The monoisotopic (exact) mass is 401 g/mol. The number of aromatic nitrogens is 2. The van der Waals surface area contributed by atoms with Crippen molar-refractivity contribution in [3.63, 3.8) is 0 Å². The summed E-state index contributed by atoms with van der Waals surface area (Å²) in [6.45, 7) is 5.45. The number of hydrogen-bond donors (Lipinski definition) is 1. The van der Waals surface area contributed by atoms with Gasteiger partial charge in [-0.05, 0) is 66.5 Å². The number of carbonyl (C=O) groups is 1. The first-order chi connectivity index (χ1) is 12.0. The Labute approximate surface area is 153 Å². The SMILES string of the molecule is Cc1cc(Oc2ncccn2)ccc1NC(=O)c1c(C)oc(C)c1Br. The highest BCUT2D eigenvalue weighted by Crippen LogP contribution is 2.29. The van der Waals surface area contributed by atoms with Gasteiger partial charge >= 0.3 is 6.01 Å². The van der Waals surface area contributed by atoms with Crippen molar-refractivity contribution in [2.24, 2.45) is 0 Å². The van der Waals surface area contributed by atoms with E-state index >= 15 is 0 Å². The quantitative estimate of drug-likeness (QED) is 0.678. The Hall–Kier alpha value is -2.67. The van der Waals surface area contributed by atoms with Crippen LogP contribution in [0.25, 0.3) is 0 Å². The van der Waals surface area contributed by atoms with E-state index in [2.05, 4.69) is 31.2 Å². The molecule has 0 saturated heterocycles. The van der Waals surface area contributed by atoms with Gasteiger partial charge in [0.15, 0.2) is 0 Å². The molecule has 0 aliphatic heterocycles. The van der Waals surface area contributed by atoms with E-state index in [1.807, 2.05) is 13.0 Å². The predicted molar refractivity (Wildman–Crippen MR) is 97.1 cm³/mol. The minimum Gasteiger partial charge on any atom is -0.465 e. The molecule has 7 heteroatoms. The van der Waals surface area contributed by atoms with E-state index in [0.717, 1.165) is 5.56 Å². The molecule has 25 heavy (non-hydrogen) atoms. The van der Waals surface area contributed by atoms with E-state index in [0.29, 0.717) is 33.0 Å². The molecule has 2 heterocycles. The first kappa shape index (κ1) is 17.2. The van der Waals surface area contributed by atoms with Crippen molar-refractivity contribution in [1.29, 1.82) is 0 Å². The summed E-state index contributed by atoms with van der Waals surface area (Å²) in [5, 5.41) is 2.90. The molecule has 6 nitrogen and oxygen atoms in total. The van der Waals surface area contributed by atoms with E-state index < -0.39 is 0 Å². The van der Waals surface area contributed by atoms with Crippen LogP contribution in [0, 0.1) is 20.8 Å². The van der Waals surface area contributed by atoms with Gasteiger partial charge in [0, 0.05) is 18.1 Å². The summed E-state index contributed by atoms with van der Waals surface area (Å²) >= 11 is 3.39. The number of carbonyl (C=O) groups excluding carboxylic acids is 1. The third-order valence-corrected chi connectivity index (χ3v) is 4.57. The Morgan fingerprint density at radius 3 is 2.48 bits per heavy atom. The molecule has 1 aromatic carbocycles. The summed E-state index contributed by atoms with van der Waals surface area (Å²) in [7, 11) is 0. The van der Waals surface area contributed by atoms with Crippen LogP contribution in [0.5, 0.6) is 11.8 Å². The van der Waals surface area contributed by atoms with E-state index in [1.165, 1.54) is 0 Å². The molecule has 0 aliphatic carbocycles. The Balaban J connectivity index is 1.78. The molecule has 0 unspecified atom stereocenters. The van der Waals surface area contributed by atoms with Crippen LogP contribution in [0.2, 0.25) is 0 Å². The Bertz CT molecular complexity index is 923. The summed E-state index contributed by atoms with van der Waals surface area (Å²) in [4.78, 5) is 20.6. The lowest BCUT2D eigenvalue weighted by molar-refractivity contribution is 0.102. The largest absolute Gasteiger partial charge is 0.465 e. The van der Waals surface area contributed by atoms with Crippen LogP contribution in [-0.4, -0.2) is 15.9 Å². The Kier molecular flexibility index (Phi) is 4.85. The van der Waals surface area contributed by atoms with E-state index in [1.54, 1.807) is 44.4 Å². The average Bonchev–Trinajstić information content (AvgIpc) is 2.83. The number of benzene rings is 1. The standard InChI is InChI=1S/C18H16BrN3O3/c1-10-9-13(25-18-20-7-4-8-21-18)5-6-14(10)22-17(23)15-11(2)24-12(3)16(15)19/h4-9H,1-3H3,(H,22,23). The third kappa shape index (κ3) is 3.71. The van der Waals surface area contributed by atoms with Gasteiger partial charge in [0.2, 0.25) is 0 Å². The zero-order chi connectivity index (χ0) is 18.0. The maximum Gasteiger partial charge on any atom is 0.321 e. The van der Waals surface area contributed by atoms with Gasteiger partial charge in [0.1, 0.15) is 17.3 Å². The van der Waals surface area contributed by atoms with E-state index in [4.69, 9.17) is 9.15 Å². The van der Waals surface area contributed by atoms with Crippen molar-refractivity contribution in [2.45, 2.75) is 20.8 Å². The lowest BCUT2D eigenvalue weighted by Gasteiger charge is -2.10. The molecule has 3 aromatic rings. The fourth-order valence-electron chi connectivity index (χ4n) is 2.38. The number of anilines is 1. The molecule has 0 radical (unpaired) electrons. The number of nitrogens with zero attached hydrogens (tertiary/aromatic N) is 2. The van der Waals surface area contributed by atoms with Gasteiger partial charge in [-0.25, -0.2) is 9.97 Å². The first-order valence-electron chi connectivity index (χ1n) is 7.58. The van der Waals surface area contributed by atoms with Crippen LogP contribution >= 0.6 is 15.9 Å². The number of aryl methyl sites for hydroxylation is 3. The Morgan fingerprint density at radius 2 is 1.88 bits per heavy atom. The lowest BCUT2D eigenvalue weighted by atomic mass is 10.1. The molecule has 0 fully saturated rings. The highest BCUT2D eigenvalue weighted by Gasteiger charge is 2.20. The molecular weight excluding hydrogens is 386 g/mol. The number of halogens is 1. The molecular formula is C18H16BrN3O3. The smallest absolute Gasteiger partial charge is 0.321 e. The van der Waals surface area contributed by atoms with Crippen LogP contribution in [0.15, 0.2) is 45.5 Å². The van der Waals surface area contributed by atoms with Crippen LogP contribution in [-0.2, 0) is 0 Å². The average molecular weight is 402 g/mol. The van der Waals surface area contributed by atoms with Crippen molar-refractivity contribution in [3.8, 4) is 11.8 Å². The fraction of sp³-hybridized carbons (Fsp3) is 0.167. The van der Waals surface area contributed by atoms with Crippen molar-refractivity contribution in [2.75, 3.05) is 5.32 Å². The van der Waals surface area contributed by atoms with E-state index in [-0.39, 0.29) is 11.9 Å². The molecule has 2 aromatic heterocycles. The molecule has 0 bridgehead atoms. The van der Waals surface area contributed by atoms with Gasteiger partial charge in [-0.1, -0.05) is 0 Å². The molecule has 1 amide bonds. The fourth-order valence-corrected chi connectivity index (χ4v) is 2.92. The molecule has 0 aliphatic rings. The normalized spacial score (nSPS) is 10.6. The number of furan rings is 1. The maximum absolute atomic E-state index is 12.5. The minimum absolute atomic E-state index is 0.232. The summed E-state index contributed by atoms with van der Waals surface area (Å²) in [6.07, 6.45) is 3.22. The molecule has 0 spiro atoms. The predicted octanol–water partition coefficient (Wildman–Crippen LogP) is 4.80. The van der Waals surface area contributed by atoms with Crippen LogP contribution in [0.4, 0.5) is 5.69 Å². The van der Waals surface area contributed by atoms with Crippen molar-refractivity contribution >= 4 is 27.5 Å². The molecule has 0 atom stereocenters. The minimum atomic E-state index is -0.232. The number of nitrogens with one attached hydrogen (secondary N) is 1. The highest BCUT2D eigenvalue weighted by molar-refractivity contribution is 9.10. The van der Waals surface area contributed by atoms with Gasteiger partial charge in [0.05, 0.1) is 10.0 Å². The number of amides is 1. The van der Waals surface area contributed by atoms with Crippen LogP contribution in [0.3, 0.4) is 0 Å². The number of hydrogen-bond acceptors (Lipinski definition) is 5. The van der Waals surface area contributed by atoms with Gasteiger partial charge < -0.3 is 14.5 Å². The zero-order valence-electron chi connectivity index (χ0n) is 14.0. The summed E-state index contributed by atoms with van der Waals surface area (Å²) < 4.78 is 11.7.